The molecule has 1 unspecified atom stereocenters. The number of primary amides is 1. The predicted molar refractivity (Wildman–Crippen MR) is 48.9 cm³/mol. The highest BCUT2D eigenvalue weighted by Crippen LogP contribution is 2.01. The number of nitrogens with two attached hydrogens (primary N) is 1. The van der Waals surface area contributed by atoms with E-state index in [4.69, 9.17) is 5.73 Å². The summed E-state index contributed by atoms with van der Waals surface area (Å²) in [5, 5.41) is 0. The van der Waals surface area contributed by atoms with E-state index in [2.05, 4.69) is 9.73 Å². The Balaban J connectivity index is 4.37. The molecular formula is C8H12N2O4. The Labute approximate surface area is 81.1 Å². The predicted octanol–water partition coefficient (Wildman–Crippen LogP) is -0.0958. The topological polar surface area (TPSA) is 98.8 Å². The summed E-state index contributed by atoms with van der Waals surface area (Å²) in [4.78, 5) is 35.3. The number of aliphatic imine (C=N–C) groups is 1. The van der Waals surface area contributed by atoms with Crippen LogP contribution < -0.4 is 5.73 Å². The van der Waals surface area contributed by atoms with Gasteiger partial charge in [0, 0.05) is 12.6 Å². The summed E-state index contributed by atoms with van der Waals surface area (Å²) in [6.07, 6.45) is 0.0927. The second-order valence-corrected chi connectivity index (χ2v) is 2.64. The SMILES string of the molecule is COC(=O)N=CC(CC(N)=O)C(C)=O. The molecule has 0 aliphatic rings. The average Bonchev–Trinajstić information content (AvgIpc) is 2.10. The van der Waals surface area contributed by atoms with Gasteiger partial charge in [-0.3, -0.25) is 9.59 Å². The van der Waals surface area contributed by atoms with Crippen LogP contribution in [-0.2, 0) is 14.3 Å². The van der Waals surface area contributed by atoms with Gasteiger partial charge in [0.05, 0.1) is 13.0 Å². The van der Waals surface area contributed by atoms with Crippen LogP contribution in [0.5, 0.6) is 0 Å². The van der Waals surface area contributed by atoms with Crippen molar-refractivity contribution in [2.45, 2.75) is 13.3 Å². The maximum Gasteiger partial charge on any atom is 0.432 e. The van der Waals surface area contributed by atoms with Crippen molar-refractivity contribution in [3.8, 4) is 0 Å². The van der Waals surface area contributed by atoms with Gasteiger partial charge in [-0.1, -0.05) is 0 Å². The number of methoxy groups -OCH3 is 1. The molecule has 0 radical (unpaired) electrons. The third kappa shape index (κ3) is 5.02. The Morgan fingerprint density at radius 3 is 2.43 bits per heavy atom. The van der Waals surface area contributed by atoms with Crippen LogP contribution in [0.25, 0.3) is 0 Å². The molecule has 78 valence electrons. The van der Waals surface area contributed by atoms with Gasteiger partial charge in [0.15, 0.2) is 0 Å². The molecule has 0 aromatic rings. The minimum atomic E-state index is -0.819. The van der Waals surface area contributed by atoms with Crippen molar-refractivity contribution in [2.75, 3.05) is 7.11 Å². The molecule has 0 aromatic heterocycles. The fourth-order valence-corrected chi connectivity index (χ4v) is 0.722. The largest absolute Gasteiger partial charge is 0.451 e. The lowest BCUT2D eigenvalue weighted by Crippen LogP contribution is -2.22. The lowest BCUT2D eigenvalue weighted by atomic mass is 10.0. The Hall–Kier alpha value is -1.72. The third-order valence-corrected chi connectivity index (χ3v) is 1.48. The van der Waals surface area contributed by atoms with E-state index in [-0.39, 0.29) is 12.2 Å². The van der Waals surface area contributed by atoms with E-state index in [1.165, 1.54) is 6.92 Å². The van der Waals surface area contributed by atoms with Crippen molar-refractivity contribution in [2.24, 2.45) is 16.6 Å². The smallest absolute Gasteiger partial charge is 0.432 e. The highest BCUT2D eigenvalue weighted by Gasteiger charge is 2.14. The van der Waals surface area contributed by atoms with Crippen molar-refractivity contribution >= 4 is 24.0 Å². The van der Waals surface area contributed by atoms with E-state index in [9.17, 15) is 14.4 Å². The number of carbonyl (C=O) groups excluding carboxylic acids is 3. The summed E-state index contributed by atoms with van der Waals surface area (Å²) in [5.41, 5.74) is 4.90. The monoisotopic (exact) mass is 200 g/mol. The number of ether oxygens (including phenoxy) is 1. The maximum absolute atomic E-state index is 10.9. The van der Waals surface area contributed by atoms with E-state index in [1.807, 2.05) is 0 Å². The van der Waals surface area contributed by atoms with Gasteiger partial charge >= 0.3 is 6.09 Å². The number of amides is 2. The normalized spacial score (nSPS) is 12.4. The average molecular weight is 200 g/mol. The lowest BCUT2D eigenvalue weighted by molar-refractivity contribution is -0.124. The molecule has 2 N–H and O–H groups in total. The Morgan fingerprint density at radius 2 is 2.07 bits per heavy atom. The van der Waals surface area contributed by atoms with Gasteiger partial charge in [0.1, 0.15) is 5.78 Å². The first-order valence-corrected chi connectivity index (χ1v) is 3.88. The Bertz CT molecular complexity index is 273. The standard InChI is InChI=1S/C8H12N2O4/c1-5(11)6(3-7(9)12)4-10-8(13)14-2/h4,6H,3H2,1-2H3,(H2,9,12). The summed E-state index contributed by atoms with van der Waals surface area (Å²) in [7, 11) is 1.16. The quantitative estimate of drug-likeness (QED) is 0.640. The van der Waals surface area contributed by atoms with Crippen LogP contribution in [0.15, 0.2) is 4.99 Å². The Kier molecular flexibility index (Phi) is 5.13. The molecule has 0 aliphatic heterocycles. The molecule has 14 heavy (non-hydrogen) atoms. The van der Waals surface area contributed by atoms with Gasteiger partial charge in [-0.15, -0.1) is 0 Å². The number of nitrogens with zero attached hydrogens (tertiary/aromatic N) is 1. The van der Waals surface area contributed by atoms with Crippen LogP contribution in [0.2, 0.25) is 0 Å². The second kappa shape index (κ2) is 5.85. The molecule has 0 spiro atoms. The van der Waals surface area contributed by atoms with Gasteiger partial charge in [-0.05, 0) is 6.92 Å². The zero-order chi connectivity index (χ0) is 11.1. The first-order chi connectivity index (χ1) is 6.47. The first kappa shape index (κ1) is 12.3. The number of hydrogen-bond acceptors (Lipinski definition) is 4. The van der Waals surface area contributed by atoms with Crippen molar-refractivity contribution in [1.29, 1.82) is 0 Å². The minimum absolute atomic E-state index is 0.157. The van der Waals surface area contributed by atoms with E-state index in [1.54, 1.807) is 0 Å². The number of rotatable bonds is 4. The molecular weight excluding hydrogens is 188 g/mol. The molecule has 2 amide bonds. The fourth-order valence-electron chi connectivity index (χ4n) is 0.722. The molecule has 1 atom stereocenters. The molecule has 0 saturated heterocycles. The van der Waals surface area contributed by atoms with Crippen molar-refractivity contribution in [3.05, 3.63) is 0 Å². The number of carbonyl (C=O) groups is 3. The van der Waals surface area contributed by atoms with E-state index >= 15 is 0 Å². The lowest BCUT2D eigenvalue weighted by Gasteiger charge is -2.03. The summed E-state index contributed by atoms with van der Waals surface area (Å²) >= 11 is 0. The van der Waals surface area contributed by atoms with Crippen LogP contribution in [0.3, 0.4) is 0 Å². The number of hydrogen-bond donors (Lipinski definition) is 1. The zero-order valence-corrected chi connectivity index (χ0v) is 8.02. The van der Waals surface area contributed by atoms with Gasteiger partial charge in [-0.25, -0.2) is 4.79 Å². The molecule has 6 nitrogen and oxygen atoms in total. The summed E-state index contributed by atoms with van der Waals surface area (Å²) in [6, 6.07) is 0. The van der Waals surface area contributed by atoms with E-state index in [0.29, 0.717) is 0 Å². The number of ketones is 1. The van der Waals surface area contributed by atoms with Crippen molar-refractivity contribution < 1.29 is 19.1 Å². The molecule has 0 heterocycles. The Morgan fingerprint density at radius 1 is 1.50 bits per heavy atom. The van der Waals surface area contributed by atoms with Crippen LogP contribution in [0.1, 0.15) is 13.3 Å². The van der Waals surface area contributed by atoms with Gasteiger partial charge < -0.3 is 10.5 Å². The van der Waals surface area contributed by atoms with Gasteiger partial charge in [-0.2, -0.15) is 4.99 Å². The van der Waals surface area contributed by atoms with E-state index < -0.39 is 17.9 Å². The highest BCUT2D eigenvalue weighted by atomic mass is 16.5. The summed E-state index contributed by atoms with van der Waals surface area (Å²) < 4.78 is 4.22. The fraction of sp³-hybridized carbons (Fsp3) is 0.500. The molecule has 0 rings (SSSR count). The number of Topliss-reactive ketones (excluding diaryl/α,β-unsaturated/α-hetero) is 1. The highest BCUT2D eigenvalue weighted by molar-refractivity contribution is 5.99. The van der Waals surface area contributed by atoms with Crippen LogP contribution in [0.4, 0.5) is 4.79 Å². The molecule has 0 aromatic carbocycles. The van der Waals surface area contributed by atoms with Crippen molar-refractivity contribution in [1.82, 2.24) is 0 Å². The molecule has 0 aliphatic carbocycles. The first-order valence-electron chi connectivity index (χ1n) is 3.88. The van der Waals surface area contributed by atoms with Crippen LogP contribution in [0, 0.1) is 5.92 Å². The summed E-state index contributed by atoms with van der Waals surface area (Å²) in [5.74, 6) is -1.66. The zero-order valence-electron chi connectivity index (χ0n) is 8.02. The van der Waals surface area contributed by atoms with Crippen LogP contribution >= 0.6 is 0 Å². The van der Waals surface area contributed by atoms with Gasteiger partial charge in [0.25, 0.3) is 0 Å². The third-order valence-electron chi connectivity index (χ3n) is 1.48. The van der Waals surface area contributed by atoms with Gasteiger partial charge in [0.2, 0.25) is 5.91 Å². The van der Waals surface area contributed by atoms with E-state index in [0.717, 1.165) is 13.3 Å². The minimum Gasteiger partial charge on any atom is -0.451 e. The molecule has 0 bridgehead atoms. The van der Waals surface area contributed by atoms with Crippen molar-refractivity contribution in [3.63, 3.8) is 0 Å². The molecule has 0 fully saturated rings. The maximum atomic E-state index is 10.9. The molecule has 6 heteroatoms. The van der Waals surface area contributed by atoms with Crippen LogP contribution in [-0.4, -0.2) is 31.1 Å². The second-order valence-electron chi connectivity index (χ2n) is 2.64. The summed E-state index contributed by atoms with van der Waals surface area (Å²) in [6.45, 7) is 1.29. The molecule has 0 saturated carbocycles.